The minimum atomic E-state index is -0.295. The minimum absolute atomic E-state index is 0.211. The summed E-state index contributed by atoms with van der Waals surface area (Å²) < 4.78 is 7.33. The number of ether oxygens (including phenoxy) is 1. The standard InChI is InChI=1S/C18H21N5O2/c1-11(2)23-10-19-22-17(23)12(3)20-18(24)15-9-16(25-4)13-7-5-6-8-14(13)21-15/h5-12H,1-4H3,(H,20,24). The number of hydrogen-bond acceptors (Lipinski definition) is 5. The predicted octanol–water partition coefficient (Wildman–Crippen LogP) is 2.91. The number of hydrogen-bond donors (Lipinski definition) is 1. The van der Waals surface area contributed by atoms with Crippen LogP contribution in [0, 0.1) is 0 Å². The van der Waals surface area contributed by atoms with E-state index in [4.69, 9.17) is 4.74 Å². The van der Waals surface area contributed by atoms with Gasteiger partial charge in [0.15, 0.2) is 5.82 Å². The maximum absolute atomic E-state index is 12.7. The van der Waals surface area contributed by atoms with Crippen molar-refractivity contribution in [3.05, 3.63) is 48.2 Å². The fraction of sp³-hybridized carbons (Fsp3) is 0.333. The van der Waals surface area contributed by atoms with Gasteiger partial charge in [-0.1, -0.05) is 12.1 Å². The van der Waals surface area contributed by atoms with Gasteiger partial charge < -0.3 is 14.6 Å². The highest BCUT2D eigenvalue weighted by molar-refractivity contribution is 5.97. The summed E-state index contributed by atoms with van der Waals surface area (Å²) in [5.74, 6) is 1.04. The smallest absolute Gasteiger partial charge is 0.270 e. The van der Waals surface area contributed by atoms with Crippen LogP contribution in [0.5, 0.6) is 5.75 Å². The van der Waals surface area contributed by atoms with Crippen LogP contribution in [-0.4, -0.2) is 32.8 Å². The van der Waals surface area contributed by atoms with Gasteiger partial charge in [-0.15, -0.1) is 10.2 Å². The highest BCUT2D eigenvalue weighted by Gasteiger charge is 2.19. The van der Waals surface area contributed by atoms with E-state index in [0.29, 0.717) is 22.8 Å². The Kier molecular flexibility index (Phi) is 4.65. The lowest BCUT2D eigenvalue weighted by Gasteiger charge is -2.17. The number of nitrogens with one attached hydrogen (secondary N) is 1. The van der Waals surface area contributed by atoms with E-state index < -0.39 is 0 Å². The molecule has 0 aliphatic rings. The van der Waals surface area contributed by atoms with Gasteiger partial charge in [0.25, 0.3) is 5.91 Å². The second-order valence-corrected chi connectivity index (χ2v) is 6.11. The fourth-order valence-electron chi connectivity index (χ4n) is 2.72. The Morgan fingerprint density at radius 2 is 2.00 bits per heavy atom. The van der Waals surface area contributed by atoms with E-state index in [-0.39, 0.29) is 18.0 Å². The zero-order valence-corrected chi connectivity index (χ0v) is 14.7. The van der Waals surface area contributed by atoms with E-state index in [1.165, 1.54) is 0 Å². The molecular formula is C18H21N5O2. The summed E-state index contributed by atoms with van der Waals surface area (Å²) in [6.45, 7) is 5.95. The number of amides is 1. The first kappa shape index (κ1) is 16.9. The maximum atomic E-state index is 12.7. The third kappa shape index (κ3) is 3.31. The lowest BCUT2D eigenvalue weighted by Crippen LogP contribution is -2.29. The Balaban J connectivity index is 1.88. The molecule has 0 spiro atoms. The molecule has 1 unspecified atom stereocenters. The molecule has 2 heterocycles. The van der Waals surface area contributed by atoms with Crippen molar-refractivity contribution in [2.45, 2.75) is 32.9 Å². The van der Waals surface area contributed by atoms with Crippen LogP contribution in [0.4, 0.5) is 0 Å². The first-order valence-electron chi connectivity index (χ1n) is 8.15. The number of pyridine rings is 1. The lowest BCUT2D eigenvalue weighted by atomic mass is 10.1. The number of benzene rings is 1. The van der Waals surface area contributed by atoms with Gasteiger partial charge in [-0.25, -0.2) is 4.98 Å². The van der Waals surface area contributed by atoms with Crippen LogP contribution >= 0.6 is 0 Å². The van der Waals surface area contributed by atoms with E-state index >= 15 is 0 Å². The Bertz CT molecular complexity index is 903. The number of rotatable bonds is 5. The molecule has 2 aromatic heterocycles. The molecule has 7 heteroatoms. The summed E-state index contributed by atoms with van der Waals surface area (Å²) in [6.07, 6.45) is 1.67. The van der Waals surface area contributed by atoms with E-state index in [0.717, 1.165) is 5.39 Å². The van der Waals surface area contributed by atoms with E-state index in [9.17, 15) is 4.79 Å². The van der Waals surface area contributed by atoms with Crippen molar-refractivity contribution >= 4 is 16.8 Å². The van der Waals surface area contributed by atoms with Gasteiger partial charge >= 0.3 is 0 Å². The van der Waals surface area contributed by atoms with Crippen LogP contribution in [0.1, 0.15) is 49.2 Å². The third-order valence-corrected chi connectivity index (χ3v) is 4.02. The largest absolute Gasteiger partial charge is 0.496 e. The molecule has 1 amide bonds. The Labute approximate surface area is 146 Å². The molecule has 1 atom stereocenters. The Morgan fingerprint density at radius 1 is 1.24 bits per heavy atom. The molecule has 0 saturated carbocycles. The first-order valence-corrected chi connectivity index (χ1v) is 8.15. The number of fused-ring (bicyclic) bond motifs is 1. The summed E-state index contributed by atoms with van der Waals surface area (Å²) in [6, 6.07) is 9.12. The average molecular weight is 339 g/mol. The van der Waals surface area contributed by atoms with Crippen molar-refractivity contribution in [2.75, 3.05) is 7.11 Å². The maximum Gasteiger partial charge on any atom is 0.270 e. The van der Waals surface area contributed by atoms with Gasteiger partial charge in [0.05, 0.1) is 18.7 Å². The number of carbonyl (C=O) groups is 1. The molecule has 25 heavy (non-hydrogen) atoms. The van der Waals surface area contributed by atoms with Crippen LogP contribution in [0.25, 0.3) is 10.9 Å². The molecule has 1 aromatic carbocycles. The van der Waals surface area contributed by atoms with Crippen LogP contribution < -0.4 is 10.1 Å². The lowest BCUT2D eigenvalue weighted by molar-refractivity contribution is 0.0932. The summed E-state index contributed by atoms with van der Waals surface area (Å²) >= 11 is 0. The van der Waals surface area contributed by atoms with Crippen LogP contribution in [0.15, 0.2) is 36.7 Å². The van der Waals surface area contributed by atoms with E-state index in [1.54, 1.807) is 19.5 Å². The number of aromatic nitrogens is 4. The summed E-state index contributed by atoms with van der Waals surface area (Å²) in [4.78, 5) is 17.1. The van der Waals surface area contributed by atoms with E-state index in [2.05, 4.69) is 20.5 Å². The Hall–Kier alpha value is -2.96. The number of nitrogens with zero attached hydrogens (tertiary/aromatic N) is 4. The molecule has 1 N–H and O–H groups in total. The summed E-state index contributed by atoms with van der Waals surface area (Å²) in [5, 5.41) is 11.9. The molecule has 0 saturated heterocycles. The molecule has 0 fully saturated rings. The highest BCUT2D eigenvalue weighted by atomic mass is 16.5. The molecule has 7 nitrogen and oxygen atoms in total. The summed E-state index contributed by atoms with van der Waals surface area (Å²) in [7, 11) is 1.58. The van der Waals surface area contributed by atoms with Crippen molar-refractivity contribution in [3.8, 4) is 5.75 Å². The van der Waals surface area contributed by atoms with Crippen LogP contribution in [0.3, 0.4) is 0 Å². The van der Waals surface area contributed by atoms with Crippen molar-refractivity contribution in [2.24, 2.45) is 0 Å². The normalized spacial score (nSPS) is 12.4. The zero-order valence-electron chi connectivity index (χ0n) is 14.7. The fourth-order valence-corrected chi connectivity index (χ4v) is 2.72. The van der Waals surface area contributed by atoms with Gasteiger partial charge in [-0.3, -0.25) is 4.79 Å². The zero-order chi connectivity index (χ0) is 18.0. The monoisotopic (exact) mass is 339 g/mol. The molecule has 0 aliphatic heterocycles. The third-order valence-electron chi connectivity index (χ3n) is 4.02. The topological polar surface area (TPSA) is 81.9 Å². The van der Waals surface area contributed by atoms with Crippen molar-refractivity contribution in [1.82, 2.24) is 25.1 Å². The minimum Gasteiger partial charge on any atom is -0.496 e. The van der Waals surface area contributed by atoms with Gasteiger partial charge in [-0.2, -0.15) is 0 Å². The number of methoxy groups -OCH3 is 1. The average Bonchev–Trinajstić information content (AvgIpc) is 3.10. The van der Waals surface area contributed by atoms with Crippen LogP contribution in [0.2, 0.25) is 0 Å². The summed E-state index contributed by atoms with van der Waals surface area (Å²) in [5.41, 5.74) is 1.02. The highest BCUT2D eigenvalue weighted by Crippen LogP contribution is 2.25. The first-order chi connectivity index (χ1) is 12.0. The molecule has 3 aromatic rings. The predicted molar refractivity (Wildman–Crippen MR) is 94.6 cm³/mol. The molecule has 3 rings (SSSR count). The Morgan fingerprint density at radius 3 is 2.72 bits per heavy atom. The van der Waals surface area contributed by atoms with Crippen LogP contribution in [-0.2, 0) is 0 Å². The SMILES string of the molecule is COc1cc(C(=O)NC(C)c2nncn2C(C)C)nc2ccccc12. The van der Waals surface area contributed by atoms with Crippen molar-refractivity contribution < 1.29 is 9.53 Å². The molecule has 0 bridgehead atoms. The van der Waals surface area contributed by atoms with Gasteiger partial charge in [0, 0.05) is 17.5 Å². The van der Waals surface area contributed by atoms with Gasteiger partial charge in [-0.05, 0) is 32.9 Å². The number of para-hydroxylation sites is 1. The molecular weight excluding hydrogens is 318 g/mol. The number of carbonyl (C=O) groups excluding carboxylic acids is 1. The van der Waals surface area contributed by atoms with Gasteiger partial charge in [0.1, 0.15) is 17.8 Å². The van der Waals surface area contributed by atoms with E-state index in [1.807, 2.05) is 49.6 Å². The molecule has 0 aliphatic carbocycles. The molecule has 130 valence electrons. The molecule has 0 radical (unpaired) electrons. The van der Waals surface area contributed by atoms with Crippen molar-refractivity contribution in [1.29, 1.82) is 0 Å². The quantitative estimate of drug-likeness (QED) is 0.773. The van der Waals surface area contributed by atoms with Gasteiger partial charge in [0.2, 0.25) is 0 Å². The van der Waals surface area contributed by atoms with Crippen molar-refractivity contribution in [3.63, 3.8) is 0 Å². The second-order valence-electron chi connectivity index (χ2n) is 6.11. The second kappa shape index (κ2) is 6.88.